The van der Waals surface area contributed by atoms with E-state index in [1.807, 2.05) is 49.4 Å². The van der Waals surface area contributed by atoms with Crippen LogP contribution in [-0.4, -0.2) is 31.7 Å². The maximum atomic E-state index is 12.2. The number of amides is 1. The molecular weight excluding hydrogens is 328 g/mol. The Hall–Kier alpha value is -2.69. The first-order valence-corrected chi connectivity index (χ1v) is 9.06. The van der Waals surface area contributed by atoms with Crippen molar-refractivity contribution in [2.75, 3.05) is 30.0 Å². The second-order valence-corrected chi connectivity index (χ2v) is 6.14. The number of ether oxygens (including phenoxy) is 2. The van der Waals surface area contributed by atoms with Crippen LogP contribution in [0.25, 0.3) is 0 Å². The Balaban J connectivity index is 1.92. The summed E-state index contributed by atoms with van der Waals surface area (Å²) >= 11 is 0. The van der Waals surface area contributed by atoms with Crippen LogP contribution >= 0.6 is 0 Å². The fourth-order valence-electron chi connectivity index (χ4n) is 2.77. The predicted molar refractivity (Wildman–Crippen MR) is 106 cm³/mol. The van der Waals surface area contributed by atoms with Gasteiger partial charge in [0.15, 0.2) is 18.1 Å². The van der Waals surface area contributed by atoms with Crippen molar-refractivity contribution >= 4 is 17.3 Å². The zero-order valence-electron chi connectivity index (χ0n) is 16.0. The zero-order valence-corrected chi connectivity index (χ0v) is 16.0. The minimum atomic E-state index is -0.208. The standard InChI is InChI=1S/C21H28N2O3/c1-5-23(16(3)4)18-13-11-17(12-14-18)22-21(24)15-26-20-10-8-7-9-19(20)25-6-2/h7-14,16H,5-6,15H2,1-4H3,(H,22,24). The third-order valence-corrected chi connectivity index (χ3v) is 3.95. The van der Waals surface area contributed by atoms with Gasteiger partial charge in [0.25, 0.3) is 5.91 Å². The van der Waals surface area contributed by atoms with Crippen molar-refractivity contribution in [3.8, 4) is 11.5 Å². The van der Waals surface area contributed by atoms with Gasteiger partial charge < -0.3 is 19.7 Å². The third-order valence-electron chi connectivity index (χ3n) is 3.95. The minimum absolute atomic E-state index is 0.0705. The van der Waals surface area contributed by atoms with Crippen molar-refractivity contribution in [1.82, 2.24) is 0 Å². The maximum Gasteiger partial charge on any atom is 0.262 e. The number of nitrogens with zero attached hydrogens (tertiary/aromatic N) is 1. The summed E-state index contributed by atoms with van der Waals surface area (Å²) in [6.45, 7) is 9.78. The lowest BCUT2D eigenvalue weighted by Gasteiger charge is -2.27. The highest BCUT2D eigenvalue weighted by Crippen LogP contribution is 2.26. The van der Waals surface area contributed by atoms with E-state index in [0.717, 1.165) is 17.9 Å². The third kappa shape index (κ3) is 5.41. The number of rotatable bonds is 9. The molecule has 0 spiro atoms. The molecule has 2 aromatic rings. The molecule has 0 saturated carbocycles. The number of anilines is 2. The molecule has 0 unspecified atom stereocenters. The van der Waals surface area contributed by atoms with Crippen LogP contribution in [-0.2, 0) is 4.79 Å². The molecular formula is C21H28N2O3. The van der Waals surface area contributed by atoms with Gasteiger partial charge in [-0.1, -0.05) is 12.1 Å². The van der Waals surface area contributed by atoms with Crippen LogP contribution < -0.4 is 19.7 Å². The summed E-state index contributed by atoms with van der Waals surface area (Å²) < 4.78 is 11.1. The van der Waals surface area contributed by atoms with Gasteiger partial charge in [0, 0.05) is 24.0 Å². The van der Waals surface area contributed by atoms with E-state index in [9.17, 15) is 4.79 Å². The number of hydrogen-bond acceptors (Lipinski definition) is 4. The van der Waals surface area contributed by atoms with Crippen molar-refractivity contribution in [2.24, 2.45) is 0 Å². The topological polar surface area (TPSA) is 50.8 Å². The van der Waals surface area contributed by atoms with Gasteiger partial charge >= 0.3 is 0 Å². The number of carbonyl (C=O) groups is 1. The number of hydrogen-bond donors (Lipinski definition) is 1. The Kier molecular flexibility index (Phi) is 7.33. The quantitative estimate of drug-likeness (QED) is 0.726. The van der Waals surface area contributed by atoms with Crippen molar-refractivity contribution in [3.63, 3.8) is 0 Å². The Morgan fingerprint density at radius 2 is 1.62 bits per heavy atom. The first-order chi connectivity index (χ1) is 12.5. The van der Waals surface area contributed by atoms with Crippen LogP contribution in [0.4, 0.5) is 11.4 Å². The Morgan fingerprint density at radius 1 is 1.00 bits per heavy atom. The molecule has 0 fully saturated rings. The zero-order chi connectivity index (χ0) is 18.9. The van der Waals surface area contributed by atoms with E-state index < -0.39 is 0 Å². The minimum Gasteiger partial charge on any atom is -0.490 e. The van der Waals surface area contributed by atoms with E-state index in [-0.39, 0.29) is 12.5 Å². The molecule has 2 aromatic carbocycles. The molecule has 0 radical (unpaired) electrons. The molecule has 140 valence electrons. The van der Waals surface area contributed by atoms with Gasteiger partial charge in [0.1, 0.15) is 0 Å². The average molecular weight is 356 g/mol. The summed E-state index contributed by atoms with van der Waals surface area (Å²) in [7, 11) is 0. The molecule has 0 heterocycles. The van der Waals surface area contributed by atoms with Crippen LogP contribution in [0.5, 0.6) is 11.5 Å². The van der Waals surface area contributed by atoms with Crippen LogP contribution in [0.3, 0.4) is 0 Å². The summed E-state index contributed by atoms with van der Waals surface area (Å²) in [5.41, 5.74) is 1.89. The largest absolute Gasteiger partial charge is 0.490 e. The summed E-state index contributed by atoms with van der Waals surface area (Å²) in [5.74, 6) is 0.996. The molecule has 0 bridgehead atoms. The molecule has 5 nitrogen and oxygen atoms in total. The van der Waals surface area contributed by atoms with E-state index in [0.29, 0.717) is 24.1 Å². The number of carbonyl (C=O) groups excluding carboxylic acids is 1. The van der Waals surface area contributed by atoms with Crippen molar-refractivity contribution in [2.45, 2.75) is 33.7 Å². The second-order valence-electron chi connectivity index (χ2n) is 6.14. The lowest BCUT2D eigenvalue weighted by atomic mass is 10.2. The fourth-order valence-corrected chi connectivity index (χ4v) is 2.77. The lowest BCUT2D eigenvalue weighted by Crippen LogP contribution is -2.30. The maximum absolute atomic E-state index is 12.2. The molecule has 0 aliphatic heterocycles. The summed E-state index contributed by atoms with van der Waals surface area (Å²) in [6, 6.07) is 15.6. The molecule has 5 heteroatoms. The Bertz CT molecular complexity index is 699. The van der Waals surface area contributed by atoms with Crippen LogP contribution in [0.15, 0.2) is 48.5 Å². The van der Waals surface area contributed by atoms with Gasteiger partial charge in [-0.2, -0.15) is 0 Å². The lowest BCUT2D eigenvalue weighted by molar-refractivity contribution is -0.118. The van der Waals surface area contributed by atoms with Gasteiger partial charge in [0.05, 0.1) is 6.61 Å². The monoisotopic (exact) mass is 356 g/mol. The number of para-hydroxylation sites is 2. The summed E-state index contributed by atoms with van der Waals surface area (Å²) in [6.07, 6.45) is 0. The van der Waals surface area contributed by atoms with E-state index in [4.69, 9.17) is 9.47 Å². The highest BCUT2D eigenvalue weighted by atomic mass is 16.5. The SMILES string of the molecule is CCOc1ccccc1OCC(=O)Nc1ccc(N(CC)C(C)C)cc1. The van der Waals surface area contributed by atoms with Crippen molar-refractivity contribution < 1.29 is 14.3 Å². The second kappa shape index (κ2) is 9.70. The summed E-state index contributed by atoms with van der Waals surface area (Å²) in [4.78, 5) is 14.4. The van der Waals surface area contributed by atoms with E-state index >= 15 is 0 Å². The molecule has 26 heavy (non-hydrogen) atoms. The number of benzene rings is 2. The van der Waals surface area contributed by atoms with Crippen molar-refractivity contribution in [1.29, 1.82) is 0 Å². The summed E-state index contributed by atoms with van der Waals surface area (Å²) in [5, 5.41) is 2.85. The molecule has 0 saturated heterocycles. The highest BCUT2D eigenvalue weighted by Gasteiger charge is 2.10. The molecule has 0 aromatic heterocycles. The first-order valence-electron chi connectivity index (χ1n) is 9.06. The first kappa shape index (κ1) is 19.6. The van der Waals surface area contributed by atoms with Crippen LogP contribution in [0.1, 0.15) is 27.7 Å². The fraction of sp³-hybridized carbons (Fsp3) is 0.381. The molecule has 0 aliphatic carbocycles. The van der Waals surface area contributed by atoms with Gasteiger partial charge in [-0.3, -0.25) is 4.79 Å². The average Bonchev–Trinajstić information content (AvgIpc) is 2.63. The smallest absolute Gasteiger partial charge is 0.262 e. The molecule has 0 atom stereocenters. The Morgan fingerprint density at radius 3 is 2.15 bits per heavy atom. The van der Waals surface area contributed by atoms with Crippen LogP contribution in [0, 0.1) is 0 Å². The highest BCUT2D eigenvalue weighted by molar-refractivity contribution is 5.92. The van der Waals surface area contributed by atoms with E-state index in [1.54, 1.807) is 6.07 Å². The normalized spacial score (nSPS) is 10.5. The van der Waals surface area contributed by atoms with E-state index in [1.165, 1.54) is 0 Å². The molecule has 1 N–H and O–H groups in total. The van der Waals surface area contributed by atoms with E-state index in [2.05, 4.69) is 31.0 Å². The van der Waals surface area contributed by atoms with Crippen LogP contribution in [0.2, 0.25) is 0 Å². The predicted octanol–water partition coefficient (Wildman–Crippen LogP) is 4.34. The molecule has 1 amide bonds. The van der Waals surface area contributed by atoms with Gasteiger partial charge in [0.2, 0.25) is 0 Å². The molecule has 0 aliphatic rings. The van der Waals surface area contributed by atoms with Gasteiger partial charge in [-0.25, -0.2) is 0 Å². The Labute approximate surface area is 155 Å². The van der Waals surface area contributed by atoms with Crippen molar-refractivity contribution in [3.05, 3.63) is 48.5 Å². The van der Waals surface area contributed by atoms with Gasteiger partial charge in [-0.05, 0) is 64.1 Å². The van der Waals surface area contributed by atoms with Gasteiger partial charge in [-0.15, -0.1) is 0 Å². The molecule has 2 rings (SSSR count). The number of nitrogens with one attached hydrogen (secondary N) is 1.